The number of aromatic nitrogens is 1. The molecule has 23 heavy (non-hydrogen) atoms. The third kappa shape index (κ3) is 3.15. The lowest BCUT2D eigenvalue weighted by Crippen LogP contribution is -2.47. The van der Waals surface area contributed by atoms with Crippen LogP contribution >= 0.6 is 0 Å². The van der Waals surface area contributed by atoms with Crippen LogP contribution in [-0.4, -0.2) is 68.0 Å². The molecular weight excluding hydrogens is 318 g/mol. The number of carbonyl (C=O) groups is 1. The number of hydrogen-bond donors (Lipinski definition) is 0. The Morgan fingerprint density at radius 3 is 2.22 bits per heavy atom. The van der Waals surface area contributed by atoms with Crippen LogP contribution in [0.3, 0.4) is 0 Å². The van der Waals surface area contributed by atoms with E-state index in [1.54, 1.807) is 32.4 Å². The number of carbonyl (C=O) groups excluding carboxylic acids is 1. The lowest BCUT2D eigenvalue weighted by molar-refractivity contribution is 0.0514. The maximum absolute atomic E-state index is 13.0. The second-order valence-corrected chi connectivity index (χ2v) is 7.75. The highest BCUT2D eigenvalue weighted by atomic mass is 32.2. The smallest absolute Gasteiger partial charge is 0.355 e. The van der Waals surface area contributed by atoms with E-state index in [1.165, 1.54) is 4.31 Å². The van der Waals surface area contributed by atoms with Crippen molar-refractivity contribution >= 4 is 16.0 Å². The first-order valence-electron chi connectivity index (χ1n) is 7.73. The molecule has 1 saturated heterocycles. The molecule has 130 valence electrons. The fraction of sp³-hybridized carbons (Fsp3) is 0.667. The SMILES string of the molecule is CCOC(=O)c1c(C)c(S(=O)(=O)N2CCN(C)CC2)c(C)n1C. The summed E-state index contributed by atoms with van der Waals surface area (Å²) in [5.74, 6) is -0.490. The molecule has 0 spiro atoms. The van der Waals surface area contributed by atoms with Gasteiger partial charge in [-0.05, 0) is 27.8 Å². The van der Waals surface area contributed by atoms with Crippen LogP contribution in [0.5, 0.6) is 0 Å². The van der Waals surface area contributed by atoms with Crippen LogP contribution in [0.2, 0.25) is 0 Å². The summed E-state index contributed by atoms with van der Waals surface area (Å²) in [6, 6.07) is 0. The molecule has 1 aromatic rings. The van der Waals surface area contributed by atoms with E-state index in [4.69, 9.17) is 4.74 Å². The van der Waals surface area contributed by atoms with Gasteiger partial charge < -0.3 is 14.2 Å². The van der Waals surface area contributed by atoms with Crippen LogP contribution in [0.1, 0.15) is 28.7 Å². The summed E-state index contributed by atoms with van der Waals surface area (Å²) in [6.45, 7) is 7.70. The Kier molecular flexibility index (Phi) is 5.17. The van der Waals surface area contributed by atoms with Crippen molar-refractivity contribution in [2.45, 2.75) is 25.7 Å². The van der Waals surface area contributed by atoms with Gasteiger partial charge in [-0.2, -0.15) is 4.31 Å². The van der Waals surface area contributed by atoms with Gasteiger partial charge in [0.1, 0.15) is 10.6 Å². The fourth-order valence-corrected chi connectivity index (χ4v) is 4.87. The Hall–Kier alpha value is -1.38. The Balaban J connectivity index is 2.47. The molecule has 0 radical (unpaired) electrons. The van der Waals surface area contributed by atoms with Gasteiger partial charge in [-0.3, -0.25) is 0 Å². The monoisotopic (exact) mass is 343 g/mol. The van der Waals surface area contributed by atoms with Crippen molar-refractivity contribution in [3.05, 3.63) is 17.0 Å². The summed E-state index contributed by atoms with van der Waals surface area (Å²) in [5, 5.41) is 0. The number of piperazine rings is 1. The van der Waals surface area contributed by atoms with Gasteiger partial charge in [-0.25, -0.2) is 13.2 Å². The molecule has 1 aliphatic heterocycles. The van der Waals surface area contributed by atoms with Gasteiger partial charge in [0.25, 0.3) is 0 Å². The molecule has 0 saturated carbocycles. The first kappa shape index (κ1) is 18.0. The first-order chi connectivity index (χ1) is 10.7. The minimum Gasteiger partial charge on any atom is -0.461 e. The van der Waals surface area contributed by atoms with Crippen LogP contribution in [-0.2, 0) is 21.8 Å². The third-order valence-electron chi connectivity index (χ3n) is 4.39. The minimum atomic E-state index is -3.62. The standard InChI is InChI=1S/C15H25N3O4S/c1-6-22-15(19)13-11(2)14(12(3)17(13)5)23(20,21)18-9-7-16(4)8-10-18/h6-10H2,1-5H3. The highest BCUT2D eigenvalue weighted by Crippen LogP contribution is 2.29. The van der Waals surface area contributed by atoms with Crippen molar-refractivity contribution in [1.82, 2.24) is 13.8 Å². The Labute approximate surface area is 137 Å². The number of ether oxygens (including phenoxy) is 1. The lowest BCUT2D eigenvalue weighted by atomic mass is 10.2. The average molecular weight is 343 g/mol. The summed E-state index contributed by atoms with van der Waals surface area (Å²) in [4.78, 5) is 14.5. The minimum absolute atomic E-state index is 0.229. The normalized spacial score (nSPS) is 17.4. The zero-order valence-electron chi connectivity index (χ0n) is 14.4. The molecule has 0 atom stereocenters. The molecule has 0 aliphatic carbocycles. The van der Waals surface area contributed by atoms with Crippen molar-refractivity contribution in [2.75, 3.05) is 39.8 Å². The van der Waals surface area contributed by atoms with Gasteiger partial charge in [0.2, 0.25) is 10.0 Å². The predicted molar refractivity (Wildman–Crippen MR) is 87.1 cm³/mol. The fourth-order valence-electron chi connectivity index (χ4n) is 2.98. The Bertz CT molecular complexity index is 701. The molecule has 0 unspecified atom stereocenters. The maximum Gasteiger partial charge on any atom is 0.355 e. The van der Waals surface area contributed by atoms with Crippen LogP contribution in [0.25, 0.3) is 0 Å². The molecule has 0 bridgehead atoms. The highest BCUT2D eigenvalue weighted by Gasteiger charge is 2.34. The molecular formula is C15H25N3O4S. The molecule has 0 amide bonds. The first-order valence-corrected chi connectivity index (χ1v) is 9.17. The van der Waals surface area contributed by atoms with Crippen molar-refractivity contribution in [1.29, 1.82) is 0 Å². The van der Waals surface area contributed by atoms with Crippen LogP contribution in [0.15, 0.2) is 4.90 Å². The van der Waals surface area contributed by atoms with E-state index in [9.17, 15) is 13.2 Å². The van der Waals surface area contributed by atoms with Gasteiger partial charge in [-0.1, -0.05) is 0 Å². The molecule has 1 fully saturated rings. The Morgan fingerprint density at radius 2 is 1.70 bits per heavy atom. The zero-order chi connectivity index (χ0) is 17.4. The van der Waals surface area contributed by atoms with Crippen molar-refractivity contribution in [2.24, 2.45) is 7.05 Å². The van der Waals surface area contributed by atoms with E-state index < -0.39 is 16.0 Å². The topological polar surface area (TPSA) is 71.8 Å². The lowest BCUT2D eigenvalue weighted by Gasteiger charge is -2.31. The van der Waals surface area contributed by atoms with Gasteiger partial charge in [0, 0.05) is 44.5 Å². The number of hydrogen-bond acceptors (Lipinski definition) is 5. The number of sulfonamides is 1. The summed E-state index contributed by atoms with van der Waals surface area (Å²) < 4.78 is 34.2. The quantitative estimate of drug-likeness (QED) is 0.755. The largest absolute Gasteiger partial charge is 0.461 e. The van der Waals surface area contributed by atoms with Crippen LogP contribution in [0.4, 0.5) is 0 Å². The average Bonchev–Trinajstić information content (AvgIpc) is 2.70. The molecule has 0 N–H and O–H groups in total. The van der Waals surface area contributed by atoms with Crippen molar-refractivity contribution < 1.29 is 17.9 Å². The summed E-state index contributed by atoms with van der Waals surface area (Å²) in [5.41, 5.74) is 1.32. The number of esters is 1. The van der Waals surface area contributed by atoms with Crippen molar-refractivity contribution in [3.8, 4) is 0 Å². The van der Waals surface area contributed by atoms with E-state index in [0.29, 0.717) is 43.1 Å². The second-order valence-electron chi connectivity index (χ2n) is 5.87. The van der Waals surface area contributed by atoms with Gasteiger partial charge in [-0.15, -0.1) is 0 Å². The third-order valence-corrected chi connectivity index (χ3v) is 6.55. The molecule has 2 heterocycles. The molecule has 0 aromatic carbocycles. The zero-order valence-corrected chi connectivity index (χ0v) is 15.2. The molecule has 1 aromatic heterocycles. The molecule has 8 heteroatoms. The summed E-state index contributed by atoms with van der Waals surface area (Å²) in [7, 11) is 0.0472. The van der Waals surface area contributed by atoms with Crippen molar-refractivity contribution in [3.63, 3.8) is 0 Å². The number of nitrogens with zero attached hydrogens (tertiary/aromatic N) is 3. The Morgan fingerprint density at radius 1 is 1.13 bits per heavy atom. The molecule has 1 aliphatic rings. The number of rotatable bonds is 4. The van der Waals surface area contributed by atoms with Gasteiger partial charge in [0.15, 0.2) is 0 Å². The maximum atomic E-state index is 13.0. The van der Waals surface area contributed by atoms with E-state index >= 15 is 0 Å². The van der Waals surface area contributed by atoms with E-state index in [2.05, 4.69) is 4.90 Å². The van der Waals surface area contributed by atoms with Crippen LogP contribution in [0, 0.1) is 13.8 Å². The van der Waals surface area contributed by atoms with Gasteiger partial charge in [0.05, 0.1) is 6.61 Å². The van der Waals surface area contributed by atoms with E-state index in [1.807, 2.05) is 7.05 Å². The highest BCUT2D eigenvalue weighted by molar-refractivity contribution is 7.89. The predicted octanol–water partition coefficient (Wildman–Crippen LogP) is 0.755. The van der Waals surface area contributed by atoms with Crippen LogP contribution < -0.4 is 0 Å². The van der Waals surface area contributed by atoms with Gasteiger partial charge >= 0.3 is 5.97 Å². The summed E-state index contributed by atoms with van der Waals surface area (Å²) >= 11 is 0. The molecule has 2 rings (SSSR count). The molecule has 7 nitrogen and oxygen atoms in total. The summed E-state index contributed by atoms with van der Waals surface area (Å²) in [6.07, 6.45) is 0. The number of likely N-dealkylation sites (N-methyl/N-ethyl adjacent to an activating group) is 1. The van der Waals surface area contributed by atoms with E-state index in [-0.39, 0.29) is 11.5 Å². The van der Waals surface area contributed by atoms with E-state index in [0.717, 1.165) is 0 Å². The second kappa shape index (κ2) is 6.62.